The number of aromatic hydroxyl groups is 1. The topological polar surface area (TPSA) is 44.0 Å². The lowest BCUT2D eigenvalue weighted by atomic mass is 10.0. The number of rotatable bonds is 2. The molecule has 0 aliphatic heterocycles. The Balaban J connectivity index is 3.10. The summed E-state index contributed by atoms with van der Waals surface area (Å²) in [6, 6.07) is 8.80. The van der Waals surface area contributed by atoms with Gasteiger partial charge >= 0.3 is 0 Å². The maximum Gasteiger partial charge on any atom is 0.120 e. The molecule has 1 aromatic carbocycles. The fourth-order valence-electron chi connectivity index (χ4n) is 1.000. The molecular formula is C10H9NO. The van der Waals surface area contributed by atoms with E-state index < -0.39 is 5.92 Å². The summed E-state index contributed by atoms with van der Waals surface area (Å²) in [5, 5.41) is 18.0. The molecule has 0 saturated heterocycles. The summed E-state index contributed by atoms with van der Waals surface area (Å²) in [6.45, 7) is 3.52. The minimum Gasteiger partial charge on any atom is -0.508 e. The predicted octanol–water partition coefficient (Wildman–Crippen LogP) is 2.19. The molecule has 0 fully saturated rings. The van der Waals surface area contributed by atoms with Gasteiger partial charge in [0.25, 0.3) is 0 Å². The van der Waals surface area contributed by atoms with Crippen LogP contribution in [0, 0.1) is 11.3 Å². The summed E-state index contributed by atoms with van der Waals surface area (Å²) in [6.07, 6.45) is 1.51. The SMILES string of the molecule is C=CC(C#N)c1ccccc1O. The molecule has 0 bridgehead atoms. The maximum atomic E-state index is 9.34. The molecule has 0 heterocycles. The van der Waals surface area contributed by atoms with Crippen molar-refractivity contribution in [1.82, 2.24) is 0 Å². The Morgan fingerprint density at radius 1 is 1.50 bits per heavy atom. The van der Waals surface area contributed by atoms with E-state index in [0.717, 1.165) is 0 Å². The Hall–Kier alpha value is -1.75. The molecule has 0 radical (unpaired) electrons. The molecule has 2 nitrogen and oxygen atoms in total. The normalized spacial score (nSPS) is 11.6. The molecule has 0 spiro atoms. The Bertz CT molecular complexity index is 325. The number of allylic oxidation sites excluding steroid dienone is 1. The lowest BCUT2D eigenvalue weighted by Crippen LogP contribution is -1.90. The zero-order valence-electron chi connectivity index (χ0n) is 6.57. The predicted molar refractivity (Wildman–Crippen MR) is 46.7 cm³/mol. The molecule has 60 valence electrons. The Morgan fingerprint density at radius 2 is 2.17 bits per heavy atom. The van der Waals surface area contributed by atoms with Crippen molar-refractivity contribution in [2.24, 2.45) is 0 Å². The first kappa shape index (κ1) is 8.35. The van der Waals surface area contributed by atoms with Gasteiger partial charge in [-0.2, -0.15) is 5.26 Å². The lowest BCUT2D eigenvalue weighted by Gasteiger charge is -2.04. The molecule has 0 aromatic heterocycles. The van der Waals surface area contributed by atoms with Crippen LogP contribution in [-0.4, -0.2) is 5.11 Å². The molecule has 0 saturated carbocycles. The molecule has 12 heavy (non-hydrogen) atoms. The zero-order chi connectivity index (χ0) is 8.97. The molecule has 2 heteroatoms. The first-order chi connectivity index (χ1) is 5.79. The number of phenolic OH excluding ortho intramolecular Hbond substituents is 1. The highest BCUT2D eigenvalue weighted by Crippen LogP contribution is 2.25. The fourth-order valence-corrected chi connectivity index (χ4v) is 1.000. The zero-order valence-corrected chi connectivity index (χ0v) is 6.57. The van der Waals surface area contributed by atoms with Crippen LogP contribution in [0.2, 0.25) is 0 Å². The highest BCUT2D eigenvalue weighted by atomic mass is 16.3. The van der Waals surface area contributed by atoms with E-state index in [9.17, 15) is 5.11 Å². The smallest absolute Gasteiger partial charge is 0.120 e. The van der Waals surface area contributed by atoms with Gasteiger partial charge in [0.1, 0.15) is 5.75 Å². The van der Waals surface area contributed by atoms with Crippen molar-refractivity contribution >= 4 is 0 Å². The van der Waals surface area contributed by atoms with E-state index in [1.165, 1.54) is 6.08 Å². The fraction of sp³-hybridized carbons (Fsp3) is 0.100. The Kier molecular flexibility index (Phi) is 2.49. The molecule has 0 amide bonds. The molecule has 0 aliphatic rings. The number of para-hydroxylation sites is 1. The van der Waals surface area contributed by atoms with Crippen molar-refractivity contribution in [1.29, 1.82) is 5.26 Å². The number of nitrogens with zero attached hydrogens (tertiary/aromatic N) is 1. The van der Waals surface area contributed by atoms with Gasteiger partial charge in [-0.05, 0) is 6.07 Å². The summed E-state index contributed by atoms with van der Waals surface area (Å²) >= 11 is 0. The van der Waals surface area contributed by atoms with Crippen LogP contribution < -0.4 is 0 Å². The maximum absolute atomic E-state index is 9.34. The van der Waals surface area contributed by atoms with Crippen molar-refractivity contribution in [2.75, 3.05) is 0 Å². The minimum absolute atomic E-state index is 0.143. The number of phenols is 1. The van der Waals surface area contributed by atoms with Crippen LogP contribution in [-0.2, 0) is 0 Å². The van der Waals surface area contributed by atoms with Crippen molar-refractivity contribution in [3.05, 3.63) is 42.5 Å². The van der Waals surface area contributed by atoms with Crippen LogP contribution in [0.3, 0.4) is 0 Å². The Labute approximate surface area is 71.4 Å². The van der Waals surface area contributed by atoms with Crippen LogP contribution in [0.15, 0.2) is 36.9 Å². The second kappa shape index (κ2) is 3.59. The van der Waals surface area contributed by atoms with Gasteiger partial charge in [0.2, 0.25) is 0 Å². The average Bonchev–Trinajstić information content (AvgIpc) is 2.10. The van der Waals surface area contributed by atoms with E-state index in [0.29, 0.717) is 5.56 Å². The first-order valence-electron chi connectivity index (χ1n) is 3.59. The van der Waals surface area contributed by atoms with Gasteiger partial charge in [0, 0.05) is 5.56 Å². The van der Waals surface area contributed by atoms with Gasteiger partial charge < -0.3 is 5.11 Å². The van der Waals surface area contributed by atoms with E-state index in [1.807, 2.05) is 6.07 Å². The molecule has 1 rings (SSSR count). The monoisotopic (exact) mass is 159 g/mol. The number of hydrogen-bond acceptors (Lipinski definition) is 2. The molecule has 1 unspecified atom stereocenters. The van der Waals surface area contributed by atoms with Crippen LogP contribution >= 0.6 is 0 Å². The third-order valence-corrected chi connectivity index (χ3v) is 1.65. The van der Waals surface area contributed by atoms with Crippen molar-refractivity contribution < 1.29 is 5.11 Å². The molecule has 1 N–H and O–H groups in total. The minimum atomic E-state index is -0.425. The van der Waals surface area contributed by atoms with Crippen molar-refractivity contribution in [2.45, 2.75) is 5.92 Å². The van der Waals surface area contributed by atoms with Crippen LogP contribution in [0.25, 0.3) is 0 Å². The molecule has 1 atom stereocenters. The van der Waals surface area contributed by atoms with E-state index in [2.05, 4.69) is 6.58 Å². The second-order valence-corrected chi connectivity index (χ2v) is 2.40. The van der Waals surface area contributed by atoms with E-state index in [4.69, 9.17) is 5.26 Å². The summed E-state index contributed by atoms with van der Waals surface area (Å²) in [4.78, 5) is 0. The molecular weight excluding hydrogens is 150 g/mol. The quantitative estimate of drug-likeness (QED) is 0.672. The average molecular weight is 159 g/mol. The van der Waals surface area contributed by atoms with Crippen molar-refractivity contribution in [3.63, 3.8) is 0 Å². The third-order valence-electron chi connectivity index (χ3n) is 1.65. The van der Waals surface area contributed by atoms with Gasteiger partial charge in [-0.25, -0.2) is 0 Å². The Morgan fingerprint density at radius 3 is 2.67 bits per heavy atom. The van der Waals surface area contributed by atoms with E-state index in [-0.39, 0.29) is 5.75 Å². The summed E-state index contributed by atoms with van der Waals surface area (Å²) in [5.41, 5.74) is 0.606. The standard InChI is InChI=1S/C10H9NO/c1-2-8(7-11)9-5-3-4-6-10(9)12/h2-6,8,12H,1H2. The second-order valence-electron chi connectivity index (χ2n) is 2.40. The third kappa shape index (κ3) is 1.46. The largest absolute Gasteiger partial charge is 0.508 e. The number of hydrogen-bond donors (Lipinski definition) is 1. The highest BCUT2D eigenvalue weighted by Gasteiger charge is 2.08. The summed E-state index contributed by atoms with van der Waals surface area (Å²) in [5.74, 6) is -0.282. The molecule has 0 aliphatic carbocycles. The number of benzene rings is 1. The van der Waals surface area contributed by atoms with Crippen LogP contribution in [0.4, 0.5) is 0 Å². The number of nitriles is 1. The van der Waals surface area contributed by atoms with Gasteiger partial charge in [-0.1, -0.05) is 24.3 Å². The molecule has 1 aromatic rings. The van der Waals surface area contributed by atoms with Gasteiger partial charge in [-0.15, -0.1) is 6.58 Å². The van der Waals surface area contributed by atoms with Crippen LogP contribution in [0.1, 0.15) is 11.5 Å². The lowest BCUT2D eigenvalue weighted by molar-refractivity contribution is 0.468. The summed E-state index contributed by atoms with van der Waals surface area (Å²) in [7, 11) is 0. The highest BCUT2D eigenvalue weighted by molar-refractivity contribution is 5.40. The van der Waals surface area contributed by atoms with Gasteiger partial charge in [0.05, 0.1) is 12.0 Å². The van der Waals surface area contributed by atoms with Gasteiger partial charge in [-0.3, -0.25) is 0 Å². The van der Waals surface area contributed by atoms with E-state index in [1.54, 1.807) is 24.3 Å². The first-order valence-corrected chi connectivity index (χ1v) is 3.59. The van der Waals surface area contributed by atoms with E-state index >= 15 is 0 Å². The van der Waals surface area contributed by atoms with Gasteiger partial charge in [0.15, 0.2) is 0 Å². The van der Waals surface area contributed by atoms with Crippen molar-refractivity contribution in [3.8, 4) is 11.8 Å². The summed E-state index contributed by atoms with van der Waals surface area (Å²) < 4.78 is 0. The van der Waals surface area contributed by atoms with Crippen LogP contribution in [0.5, 0.6) is 5.75 Å².